The number of benzene rings is 3. The first kappa shape index (κ1) is 39.6. The molecular weight excluding hydrogens is 717 g/mol. The lowest BCUT2D eigenvalue weighted by Crippen LogP contribution is -2.43. The fourth-order valence-electron chi connectivity index (χ4n) is 5.11. The molecule has 2 heterocycles. The lowest BCUT2D eigenvalue weighted by Gasteiger charge is -2.35. The molecule has 1 atom stereocenters. The summed E-state index contributed by atoms with van der Waals surface area (Å²) in [6.45, 7) is 1.98. The number of hydrogen-bond acceptors (Lipinski definition) is 5. The summed E-state index contributed by atoms with van der Waals surface area (Å²) in [6.07, 6.45) is -6.50. The van der Waals surface area contributed by atoms with Gasteiger partial charge in [-0.15, -0.1) is 0 Å². The number of aliphatic carboxylic acids is 2. The first-order valence-corrected chi connectivity index (χ1v) is 14.8. The molecule has 1 unspecified atom stereocenters. The Morgan fingerprint density at radius 1 is 0.820 bits per heavy atom. The third-order valence-corrected chi connectivity index (χ3v) is 8.24. The van der Waals surface area contributed by atoms with Crippen molar-refractivity contribution in [2.45, 2.75) is 24.8 Å². The number of fused-ring (bicyclic) bond motifs is 1. The second-order valence-electron chi connectivity index (χ2n) is 10.6. The molecule has 0 fully saturated rings. The van der Waals surface area contributed by atoms with Crippen molar-refractivity contribution in [2.75, 3.05) is 7.05 Å². The van der Waals surface area contributed by atoms with Crippen LogP contribution in [0, 0.1) is 6.92 Å². The molecule has 9 nitrogen and oxygen atoms in total. The highest BCUT2D eigenvalue weighted by molar-refractivity contribution is 6.31. The first-order chi connectivity index (χ1) is 23.2. The Hall–Kier alpha value is -4.86. The van der Waals surface area contributed by atoms with E-state index >= 15 is 0 Å². The molecule has 0 spiro atoms. The summed E-state index contributed by atoms with van der Waals surface area (Å²) >= 11 is 12.7. The highest BCUT2D eigenvalue weighted by Crippen LogP contribution is 2.40. The molecule has 0 aliphatic heterocycles. The van der Waals surface area contributed by atoms with Crippen molar-refractivity contribution in [2.24, 2.45) is 14.1 Å². The topological polar surface area (TPSA) is 126 Å². The number of carboxylic acid groups (broad SMARTS) is 2. The van der Waals surface area contributed by atoms with Crippen LogP contribution in [0.2, 0.25) is 10.0 Å². The van der Waals surface area contributed by atoms with E-state index in [1.165, 1.54) is 0 Å². The van der Waals surface area contributed by atoms with E-state index in [1.54, 1.807) is 24.0 Å². The molecule has 0 radical (unpaired) electrons. The van der Waals surface area contributed by atoms with Crippen molar-refractivity contribution < 1.29 is 46.1 Å². The van der Waals surface area contributed by atoms with Gasteiger partial charge in [-0.05, 0) is 72.1 Å². The SMILES string of the molecule is CNC(c1ccc(Cl)cc1)(c1ccc2c(c1)c(-c1cccc(Cl)c1C)cc(=O)n2C)c1cncn1C.O=C(O)C(F)(F)F.O=C(O)C(F)(F)F. The average molecular weight is 746 g/mol. The van der Waals surface area contributed by atoms with Crippen LogP contribution >= 0.6 is 23.2 Å². The maximum atomic E-state index is 12.9. The van der Waals surface area contributed by atoms with Crippen LogP contribution in [0.4, 0.5) is 26.3 Å². The summed E-state index contributed by atoms with van der Waals surface area (Å²) in [7, 11) is 5.72. The number of pyridine rings is 1. The zero-order chi connectivity index (χ0) is 37.8. The highest BCUT2D eigenvalue weighted by atomic mass is 35.5. The molecule has 3 aromatic carbocycles. The number of nitrogens with one attached hydrogen (secondary N) is 1. The van der Waals surface area contributed by atoms with Gasteiger partial charge in [0.05, 0.1) is 23.7 Å². The standard InChI is InChI=1S/C29H26Cl2N4O.2C2HF3O2/c1-18-22(6-5-7-25(18)31)23-15-28(36)35(4)26-13-10-20(14-24(23)26)29(32-2,27-16-33-17-34(27)3)19-8-11-21(30)12-9-19;2*3-2(4,5)1(6)7/h5-17,32H,1-4H3;2*(H,6,7). The fourth-order valence-corrected chi connectivity index (χ4v) is 5.41. The maximum absolute atomic E-state index is 12.9. The maximum Gasteiger partial charge on any atom is 0.490 e. The van der Waals surface area contributed by atoms with Gasteiger partial charge in [0.25, 0.3) is 5.56 Å². The van der Waals surface area contributed by atoms with Crippen LogP contribution in [-0.2, 0) is 29.2 Å². The Morgan fingerprint density at radius 3 is 1.84 bits per heavy atom. The number of hydrogen-bond donors (Lipinski definition) is 3. The number of aryl methyl sites for hydroxylation is 2. The third kappa shape index (κ3) is 8.46. The number of imidazole rings is 1. The third-order valence-electron chi connectivity index (χ3n) is 7.58. The minimum absolute atomic E-state index is 0.0751. The Bertz CT molecular complexity index is 2050. The van der Waals surface area contributed by atoms with Crippen LogP contribution in [0.25, 0.3) is 22.0 Å². The van der Waals surface area contributed by atoms with Crippen molar-refractivity contribution in [1.29, 1.82) is 0 Å². The summed E-state index contributed by atoms with van der Waals surface area (Å²) in [5.74, 6) is -5.51. The van der Waals surface area contributed by atoms with Crippen LogP contribution in [-0.4, -0.2) is 55.7 Å². The lowest BCUT2D eigenvalue weighted by atomic mass is 9.79. The van der Waals surface area contributed by atoms with Crippen molar-refractivity contribution in [3.63, 3.8) is 0 Å². The van der Waals surface area contributed by atoms with Crippen LogP contribution in [0.5, 0.6) is 0 Å². The van der Waals surface area contributed by atoms with Crippen LogP contribution in [0.15, 0.2) is 84.0 Å². The normalized spacial score (nSPS) is 12.6. The summed E-state index contributed by atoms with van der Waals surface area (Å²) in [6, 6.07) is 21.5. The second kappa shape index (κ2) is 15.4. The van der Waals surface area contributed by atoms with E-state index in [4.69, 9.17) is 43.0 Å². The fraction of sp³-hybridized carbons (Fsp3) is 0.212. The monoisotopic (exact) mass is 744 g/mol. The minimum atomic E-state index is -5.08. The van der Waals surface area contributed by atoms with E-state index in [1.807, 2.05) is 80.3 Å². The first-order valence-electron chi connectivity index (χ1n) is 14.1. The molecule has 2 aromatic heterocycles. The number of aromatic nitrogens is 3. The zero-order valence-corrected chi connectivity index (χ0v) is 28.0. The predicted molar refractivity (Wildman–Crippen MR) is 175 cm³/mol. The molecule has 5 rings (SSSR count). The van der Waals surface area contributed by atoms with Gasteiger partial charge in [0.1, 0.15) is 5.54 Å². The van der Waals surface area contributed by atoms with Gasteiger partial charge in [0.15, 0.2) is 0 Å². The van der Waals surface area contributed by atoms with Gasteiger partial charge >= 0.3 is 24.3 Å². The molecule has 0 amide bonds. The Balaban J connectivity index is 0.000000408. The predicted octanol–water partition coefficient (Wildman–Crippen LogP) is 7.33. The van der Waals surface area contributed by atoms with Crippen LogP contribution in [0.3, 0.4) is 0 Å². The molecule has 50 heavy (non-hydrogen) atoms. The molecule has 0 bridgehead atoms. The van der Waals surface area contributed by atoms with E-state index in [0.717, 1.165) is 44.4 Å². The number of rotatable bonds is 5. The largest absolute Gasteiger partial charge is 0.490 e. The van der Waals surface area contributed by atoms with E-state index in [-0.39, 0.29) is 5.56 Å². The van der Waals surface area contributed by atoms with Crippen LogP contribution in [0.1, 0.15) is 22.4 Å². The molecular formula is C33H28Cl2F6N4O5. The molecule has 3 N–H and O–H groups in total. The Morgan fingerprint density at radius 2 is 1.36 bits per heavy atom. The molecule has 0 aliphatic carbocycles. The molecule has 5 aromatic rings. The van der Waals surface area contributed by atoms with E-state index in [9.17, 15) is 31.1 Å². The molecule has 0 aliphatic rings. The number of halogens is 8. The van der Waals surface area contributed by atoms with E-state index in [0.29, 0.717) is 10.0 Å². The summed E-state index contributed by atoms with van der Waals surface area (Å²) in [5.41, 5.74) is 5.75. The molecule has 266 valence electrons. The highest BCUT2D eigenvalue weighted by Gasteiger charge is 2.39. The van der Waals surface area contributed by atoms with Gasteiger partial charge in [0.2, 0.25) is 0 Å². The summed E-state index contributed by atoms with van der Waals surface area (Å²) < 4.78 is 67.2. The zero-order valence-electron chi connectivity index (χ0n) is 26.5. The number of nitrogens with zero attached hydrogens (tertiary/aromatic N) is 3. The van der Waals surface area contributed by atoms with Crippen molar-refractivity contribution in [3.05, 3.63) is 122 Å². The number of carbonyl (C=O) groups is 2. The summed E-state index contributed by atoms with van der Waals surface area (Å²) in [4.78, 5) is 35.1. The molecule has 0 saturated carbocycles. The Kier molecular flexibility index (Phi) is 12.2. The van der Waals surface area contributed by atoms with Crippen LogP contribution < -0.4 is 10.9 Å². The second-order valence-corrected chi connectivity index (χ2v) is 11.4. The minimum Gasteiger partial charge on any atom is -0.475 e. The van der Waals surface area contributed by atoms with Gasteiger partial charge in [-0.3, -0.25) is 4.79 Å². The molecule has 0 saturated heterocycles. The van der Waals surface area contributed by atoms with Gasteiger partial charge in [0, 0.05) is 35.6 Å². The van der Waals surface area contributed by atoms with Crippen molar-refractivity contribution >= 4 is 46.0 Å². The smallest absolute Gasteiger partial charge is 0.475 e. The Labute approximate surface area is 290 Å². The van der Waals surface area contributed by atoms with Gasteiger partial charge in [-0.2, -0.15) is 26.3 Å². The molecule has 17 heteroatoms. The van der Waals surface area contributed by atoms with Crippen molar-refractivity contribution in [1.82, 2.24) is 19.4 Å². The van der Waals surface area contributed by atoms with Gasteiger partial charge < -0.3 is 24.7 Å². The number of alkyl halides is 6. The lowest BCUT2D eigenvalue weighted by molar-refractivity contribution is -0.193. The number of carboxylic acids is 2. The quantitative estimate of drug-likeness (QED) is 0.161. The van der Waals surface area contributed by atoms with Gasteiger partial charge in [-0.1, -0.05) is 53.5 Å². The average Bonchev–Trinajstić information content (AvgIpc) is 3.47. The van der Waals surface area contributed by atoms with E-state index in [2.05, 4.69) is 22.4 Å². The van der Waals surface area contributed by atoms with Gasteiger partial charge in [-0.25, -0.2) is 14.6 Å². The van der Waals surface area contributed by atoms with E-state index < -0.39 is 29.8 Å². The summed E-state index contributed by atoms with van der Waals surface area (Å²) in [5, 5.41) is 20.1. The van der Waals surface area contributed by atoms with Crippen molar-refractivity contribution in [3.8, 4) is 11.1 Å².